The fourth-order valence-electron chi connectivity index (χ4n) is 2.04. The van der Waals surface area contributed by atoms with Gasteiger partial charge in [-0.3, -0.25) is 10.1 Å². The van der Waals surface area contributed by atoms with Crippen molar-refractivity contribution >= 4 is 66.8 Å². The van der Waals surface area contributed by atoms with Crippen molar-refractivity contribution in [2.24, 2.45) is 0 Å². The highest BCUT2D eigenvalue weighted by molar-refractivity contribution is 9.11. The number of anilines is 1. The maximum absolute atomic E-state index is 12.0. The highest BCUT2D eigenvalue weighted by atomic mass is 79.9. The molecule has 0 aromatic heterocycles. The van der Waals surface area contributed by atoms with Crippen molar-refractivity contribution < 1.29 is 19.4 Å². The molecular weight excluding hydrogens is 488 g/mol. The fourth-order valence-corrected chi connectivity index (χ4v) is 3.58. The molecule has 0 saturated heterocycles. The Bertz CT molecular complexity index is 874. The van der Waals surface area contributed by atoms with Gasteiger partial charge < -0.3 is 15.2 Å². The molecule has 136 valence electrons. The third kappa shape index (κ3) is 5.52. The van der Waals surface area contributed by atoms with E-state index in [1.54, 1.807) is 12.1 Å². The number of aromatic carboxylic acids is 1. The van der Waals surface area contributed by atoms with Crippen LogP contribution in [0.3, 0.4) is 0 Å². The molecule has 0 radical (unpaired) electrons. The number of benzene rings is 2. The number of hydrogen-bond acceptors (Lipinski definition) is 4. The van der Waals surface area contributed by atoms with Crippen LogP contribution in [0.4, 0.5) is 5.69 Å². The monoisotopic (exact) mass is 500 g/mol. The molecule has 0 bridgehead atoms. The Kier molecular flexibility index (Phi) is 7.13. The van der Waals surface area contributed by atoms with Crippen molar-refractivity contribution in [1.82, 2.24) is 5.32 Å². The van der Waals surface area contributed by atoms with Crippen LogP contribution < -0.4 is 15.4 Å². The van der Waals surface area contributed by atoms with E-state index in [1.165, 1.54) is 6.07 Å². The molecular formula is C17H14Br2N2O4S. The predicted molar refractivity (Wildman–Crippen MR) is 110 cm³/mol. The van der Waals surface area contributed by atoms with E-state index >= 15 is 0 Å². The number of para-hydroxylation sites is 1. The molecule has 0 aliphatic carbocycles. The normalized spacial score (nSPS) is 10.1. The van der Waals surface area contributed by atoms with E-state index in [9.17, 15) is 14.7 Å². The number of nitrogens with one attached hydrogen (secondary N) is 2. The first-order valence-corrected chi connectivity index (χ1v) is 9.29. The Labute approximate surface area is 172 Å². The zero-order valence-corrected chi connectivity index (χ0v) is 17.5. The molecule has 2 aromatic carbocycles. The molecule has 0 heterocycles. The average Bonchev–Trinajstić information content (AvgIpc) is 2.56. The van der Waals surface area contributed by atoms with Gasteiger partial charge >= 0.3 is 5.97 Å². The first-order valence-electron chi connectivity index (χ1n) is 7.29. The van der Waals surface area contributed by atoms with Gasteiger partial charge in [-0.1, -0.05) is 34.1 Å². The number of rotatable bonds is 5. The van der Waals surface area contributed by atoms with Crippen LogP contribution in [0.1, 0.15) is 15.9 Å². The van der Waals surface area contributed by atoms with Gasteiger partial charge in [-0.2, -0.15) is 0 Å². The van der Waals surface area contributed by atoms with Gasteiger partial charge in [0, 0.05) is 8.95 Å². The Morgan fingerprint density at radius 1 is 1.23 bits per heavy atom. The largest absolute Gasteiger partial charge is 0.483 e. The number of amides is 1. The van der Waals surface area contributed by atoms with Crippen LogP contribution in [0.5, 0.6) is 5.75 Å². The Morgan fingerprint density at radius 2 is 1.92 bits per heavy atom. The zero-order chi connectivity index (χ0) is 19.3. The van der Waals surface area contributed by atoms with E-state index in [2.05, 4.69) is 42.5 Å². The van der Waals surface area contributed by atoms with E-state index in [0.717, 1.165) is 5.56 Å². The molecule has 1 amide bonds. The number of carboxylic acids is 1. The van der Waals surface area contributed by atoms with Crippen molar-refractivity contribution in [3.05, 3.63) is 56.5 Å². The zero-order valence-electron chi connectivity index (χ0n) is 13.5. The molecule has 0 atom stereocenters. The van der Waals surface area contributed by atoms with Crippen LogP contribution in [-0.4, -0.2) is 28.7 Å². The maximum atomic E-state index is 12.0. The van der Waals surface area contributed by atoms with Gasteiger partial charge in [-0.25, -0.2) is 4.79 Å². The van der Waals surface area contributed by atoms with Crippen molar-refractivity contribution in [1.29, 1.82) is 0 Å². The van der Waals surface area contributed by atoms with E-state index < -0.39 is 11.9 Å². The number of halogens is 2. The molecule has 0 spiro atoms. The van der Waals surface area contributed by atoms with Gasteiger partial charge in [0.2, 0.25) is 0 Å². The topological polar surface area (TPSA) is 87.7 Å². The maximum Gasteiger partial charge on any atom is 0.337 e. The lowest BCUT2D eigenvalue weighted by Crippen LogP contribution is -2.37. The molecule has 0 aliphatic heterocycles. The number of thiocarbonyl (C=S) groups is 1. The molecule has 2 aromatic rings. The van der Waals surface area contributed by atoms with Crippen LogP contribution in [0.25, 0.3) is 0 Å². The summed E-state index contributed by atoms with van der Waals surface area (Å²) in [6, 6.07) is 10.4. The number of carbonyl (C=O) groups excluding carboxylic acids is 1. The third-order valence-corrected chi connectivity index (χ3v) is 4.52. The quantitative estimate of drug-likeness (QED) is 0.534. The summed E-state index contributed by atoms with van der Waals surface area (Å²) >= 11 is 11.6. The van der Waals surface area contributed by atoms with Crippen molar-refractivity contribution in [3.63, 3.8) is 0 Å². The summed E-state index contributed by atoms with van der Waals surface area (Å²) in [6.07, 6.45) is 0. The van der Waals surface area contributed by atoms with Gasteiger partial charge in [0.05, 0.1) is 11.3 Å². The molecule has 0 saturated carbocycles. The van der Waals surface area contributed by atoms with E-state index in [1.807, 2.05) is 25.1 Å². The van der Waals surface area contributed by atoms with Gasteiger partial charge in [0.25, 0.3) is 5.91 Å². The Morgan fingerprint density at radius 3 is 2.58 bits per heavy atom. The van der Waals surface area contributed by atoms with Crippen molar-refractivity contribution in [3.8, 4) is 5.75 Å². The van der Waals surface area contributed by atoms with Crippen molar-refractivity contribution in [2.45, 2.75) is 6.92 Å². The molecule has 3 N–H and O–H groups in total. The van der Waals surface area contributed by atoms with Crippen LogP contribution in [0, 0.1) is 6.92 Å². The van der Waals surface area contributed by atoms with Gasteiger partial charge in [-0.15, -0.1) is 0 Å². The Hall–Kier alpha value is -1.97. The van der Waals surface area contributed by atoms with E-state index in [0.29, 0.717) is 14.7 Å². The number of ether oxygens (including phenoxy) is 1. The van der Waals surface area contributed by atoms with Crippen LogP contribution in [0.15, 0.2) is 45.3 Å². The molecule has 26 heavy (non-hydrogen) atoms. The van der Waals surface area contributed by atoms with Gasteiger partial charge in [-0.05, 0) is 58.8 Å². The van der Waals surface area contributed by atoms with Gasteiger partial charge in [0.15, 0.2) is 11.7 Å². The first-order chi connectivity index (χ1) is 12.3. The predicted octanol–water partition coefficient (Wildman–Crippen LogP) is 4.11. The summed E-state index contributed by atoms with van der Waals surface area (Å²) < 4.78 is 6.52. The summed E-state index contributed by atoms with van der Waals surface area (Å²) in [6.45, 7) is 1.65. The molecule has 0 fully saturated rings. The van der Waals surface area contributed by atoms with Crippen LogP contribution in [0.2, 0.25) is 0 Å². The van der Waals surface area contributed by atoms with Crippen LogP contribution in [-0.2, 0) is 4.79 Å². The highest BCUT2D eigenvalue weighted by Crippen LogP contribution is 2.30. The average molecular weight is 502 g/mol. The summed E-state index contributed by atoms with van der Waals surface area (Å²) in [5, 5.41) is 14.5. The molecule has 0 unspecified atom stereocenters. The molecule has 2 rings (SSSR count). The second-order valence-electron chi connectivity index (χ2n) is 5.17. The lowest BCUT2D eigenvalue weighted by Gasteiger charge is -2.14. The lowest BCUT2D eigenvalue weighted by molar-refractivity contribution is -0.121. The molecule has 9 heteroatoms. The van der Waals surface area contributed by atoms with E-state index in [4.69, 9.17) is 17.0 Å². The summed E-state index contributed by atoms with van der Waals surface area (Å²) in [7, 11) is 0. The SMILES string of the molecule is Cc1ccccc1OCC(=O)NC(=S)Nc1c(Br)cc(Br)cc1C(=O)O. The summed E-state index contributed by atoms with van der Waals surface area (Å²) in [5.41, 5.74) is 1.15. The smallest absolute Gasteiger partial charge is 0.337 e. The minimum Gasteiger partial charge on any atom is -0.483 e. The van der Waals surface area contributed by atoms with Crippen molar-refractivity contribution in [2.75, 3.05) is 11.9 Å². The second-order valence-corrected chi connectivity index (χ2v) is 7.35. The summed E-state index contributed by atoms with van der Waals surface area (Å²) in [5.74, 6) is -0.993. The minimum atomic E-state index is -1.13. The third-order valence-electron chi connectivity index (χ3n) is 3.23. The summed E-state index contributed by atoms with van der Waals surface area (Å²) in [4.78, 5) is 23.4. The fraction of sp³-hybridized carbons (Fsp3) is 0.118. The minimum absolute atomic E-state index is 0.000917. The standard InChI is InChI=1S/C17H14Br2N2O4S/c1-9-4-2-3-5-13(9)25-8-14(22)20-17(26)21-15-11(16(23)24)6-10(18)7-12(15)19/h2-7H,8H2,1H3,(H,23,24)(H2,20,21,22,26). The molecule has 0 aliphatic rings. The highest BCUT2D eigenvalue weighted by Gasteiger charge is 2.16. The number of aryl methyl sites for hydroxylation is 1. The number of carboxylic acid groups (broad SMARTS) is 1. The van der Waals surface area contributed by atoms with Gasteiger partial charge in [0.1, 0.15) is 5.75 Å². The molecule has 6 nitrogen and oxygen atoms in total. The number of carbonyl (C=O) groups is 2. The first kappa shape index (κ1) is 20.3. The number of hydrogen-bond donors (Lipinski definition) is 3. The van der Waals surface area contributed by atoms with Crippen LogP contribution >= 0.6 is 44.1 Å². The second kappa shape index (κ2) is 9.11. The lowest BCUT2D eigenvalue weighted by atomic mass is 10.2. The van der Waals surface area contributed by atoms with E-state index in [-0.39, 0.29) is 23.0 Å². The Balaban J connectivity index is 2.00.